The Balaban J connectivity index is 2.28. The Labute approximate surface area is 124 Å². The van der Waals surface area contributed by atoms with Crippen LogP contribution in [-0.2, 0) is 4.84 Å². The van der Waals surface area contributed by atoms with Crippen LogP contribution in [0.3, 0.4) is 0 Å². The zero-order valence-corrected chi connectivity index (χ0v) is 12.8. The Hall–Kier alpha value is -2.34. The van der Waals surface area contributed by atoms with Crippen LogP contribution in [0, 0.1) is 6.92 Å². The summed E-state index contributed by atoms with van der Waals surface area (Å²) in [6.45, 7) is 4.48. The van der Waals surface area contributed by atoms with E-state index < -0.39 is 0 Å². The summed E-state index contributed by atoms with van der Waals surface area (Å²) in [7, 11) is 3.44. The number of anilines is 3. The SMILES string of the molecule is CCOc1ccc(Nc2cc(C)ncn2)cc1N(C)OC. The number of ether oxygens (including phenoxy) is 1. The van der Waals surface area contributed by atoms with Gasteiger partial charge >= 0.3 is 0 Å². The molecule has 0 saturated heterocycles. The summed E-state index contributed by atoms with van der Waals surface area (Å²) >= 11 is 0. The van der Waals surface area contributed by atoms with E-state index in [1.807, 2.05) is 45.2 Å². The van der Waals surface area contributed by atoms with Gasteiger partial charge in [-0.25, -0.2) is 9.97 Å². The van der Waals surface area contributed by atoms with E-state index in [-0.39, 0.29) is 0 Å². The van der Waals surface area contributed by atoms with Crippen molar-refractivity contribution in [3.63, 3.8) is 0 Å². The molecule has 0 aliphatic carbocycles. The maximum atomic E-state index is 5.61. The standard InChI is InChI=1S/C15H20N4O2/c1-5-21-14-7-6-12(9-13(14)19(3)20-4)18-15-8-11(2)16-10-17-15/h6-10H,5H2,1-4H3,(H,16,17,18). The van der Waals surface area contributed by atoms with E-state index in [2.05, 4.69) is 15.3 Å². The largest absolute Gasteiger partial charge is 0.492 e. The molecule has 0 spiro atoms. The van der Waals surface area contributed by atoms with E-state index in [1.165, 1.54) is 6.33 Å². The normalized spacial score (nSPS) is 10.3. The van der Waals surface area contributed by atoms with Crippen LogP contribution in [0.1, 0.15) is 12.6 Å². The summed E-state index contributed by atoms with van der Waals surface area (Å²) in [4.78, 5) is 13.5. The van der Waals surface area contributed by atoms with Crippen LogP contribution < -0.4 is 15.1 Å². The highest BCUT2D eigenvalue weighted by Crippen LogP contribution is 2.31. The molecule has 6 nitrogen and oxygen atoms in total. The molecule has 0 saturated carbocycles. The molecule has 0 radical (unpaired) electrons. The summed E-state index contributed by atoms with van der Waals surface area (Å²) in [5.41, 5.74) is 2.65. The second-order valence-corrected chi connectivity index (χ2v) is 4.47. The van der Waals surface area contributed by atoms with Gasteiger partial charge in [-0.15, -0.1) is 0 Å². The van der Waals surface area contributed by atoms with E-state index in [0.29, 0.717) is 6.61 Å². The quantitative estimate of drug-likeness (QED) is 0.825. The monoisotopic (exact) mass is 288 g/mol. The lowest BCUT2D eigenvalue weighted by Gasteiger charge is -2.20. The van der Waals surface area contributed by atoms with E-state index >= 15 is 0 Å². The van der Waals surface area contributed by atoms with Crippen molar-refractivity contribution < 1.29 is 9.57 Å². The molecule has 21 heavy (non-hydrogen) atoms. The molecular weight excluding hydrogens is 268 g/mol. The zero-order chi connectivity index (χ0) is 15.2. The summed E-state index contributed by atoms with van der Waals surface area (Å²) in [5, 5.41) is 4.90. The molecule has 0 fully saturated rings. The lowest BCUT2D eigenvalue weighted by atomic mass is 10.2. The van der Waals surface area contributed by atoms with Gasteiger partial charge in [0, 0.05) is 24.5 Å². The van der Waals surface area contributed by atoms with Crippen molar-refractivity contribution in [3.8, 4) is 5.75 Å². The van der Waals surface area contributed by atoms with Crippen molar-refractivity contribution in [1.29, 1.82) is 0 Å². The molecule has 1 aromatic heterocycles. The van der Waals surface area contributed by atoms with Crippen molar-refractivity contribution in [2.45, 2.75) is 13.8 Å². The molecule has 112 valence electrons. The molecule has 0 unspecified atom stereocenters. The second-order valence-electron chi connectivity index (χ2n) is 4.47. The Morgan fingerprint density at radius 3 is 2.71 bits per heavy atom. The van der Waals surface area contributed by atoms with Crippen LogP contribution in [0.25, 0.3) is 0 Å². The topological polar surface area (TPSA) is 59.5 Å². The fourth-order valence-electron chi connectivity index (χ4n) is 1.89. The fraction of sp³-hybridized carbons (Fsp3) is 0.333. The van der Waals surface area contributed by atoms with Crippen molar-refractivity contribution in [2.75, 3.05) is 31.1 Å². The minimum Gasteiger partial charge on any atom is -0.492 e. The average molecular weight is 288 g/mol. The highest BCUT2D eigenvalue weighted by Gasteiger charge is 2.10. The van der Waals surface area contributed by atoms with Gasteiger partial charge < -0.3 is 10.1 Å². The third-order valence-corrected chi connectivity index (χ3v) is 2.95. The van der Waals surface area contributed by atoms with Crippen molar-refractivity contribution in [2.24, 2.45) is 0 Å². The number of hydroxylamine groups is 1. The summed E-state index contributed by atoms with van der Waals surface area (Å²) in [5.74, 6) is 1.52. The van der Waals surface area contributed by atoms with Crippen molar-refractivity contribution >= 4 is 17.2 Å². The van der Waals surface area contributed by atoms with E-state index in [9.17, 15) is 0 Å². The summed E-state index contributed by atoms with van der Waals surface area (Å²) < 4.78 is 5.61. The van der Waals surface area contributed by atoms with Gasteiger partial charge in [0.1, 0.15) is 23.6 Å². The maximum Gasteiger partial charge on any atom is 0.145 e. The van der Waals surface area contributed by atoms with Crippen LogP contribution in [-0.4, -0.2) is 30.7 Å². The van der Waals surface area contributed by atoms with E-state index in [4.69, 9.17) is 9.57 Å². The maximum absolute atomic E-state index is 5.61. The van der Waals surface area contributed by atoms with Gasteiger partial charge in [-0.1, -0.05) is 0 Å². The Morgan fingerprint density at radius 2 is 2.05 bits per heavy atom. The van der Waals surface area contributed by atoms with Crippen LogP contribution >= 0.6 is 0 Å². The van der Waals surface area contributed by atoms with Crippen molar-refractivity contribution in [1.82, 2.24) is 9.97 Å². The number of rotatable bonds is 6. The Kier molecular flexibility index (Phi) is 4.94. The molecular formula is C15H20N4O2. The number of benzene rings is 1. The molecule has 1 aromatic carbocycles. The molecule has 2 aromatic rings. The van der Waals surface area contributed by atoms with Crippen LogP contribution in [0.2, 0.25) is 0 Å². The first-order valence-corrected chi connectivity index (χ1v) is 6.74. The molecule has 0 atom stereocenters. The zero-order valence-electron chi connectivity index (χ0n) is 12.8. The number of hydrogen-bond acceptors (Lipinski definition) is 6. The molecule has 0 aliphatic rings. The van der Waals surface area contributed by atoms with Crippen LogP contribution in [0.15, 0.2) is 30.6 Å². The first kappa shape index (κ1) is 15.1. The van der Waals surface area contributed by atoms with Gasteiger partial charge in [0.25, 0.3) is 0 Å². The van der Waals surface area contributed by atoms with Gasteiger partial charge in [0.2, 0.25) is 0 Å². The molecule has 6 heteroatoms. The summed E-state index contributed by atoms with van der Waals surface area (Å²) in [6.07, 6.45) is 1.54. The minimum absolute atomic E-state index is 0.600. The van der Waals surface area contributed by atoms with Crippen LogP contribution in [0.4, 0.5) is 17.2 Å². The van der Waals surface area contributed by atoms with Gasteiger partial charge in [0.05, 0.1) is 13.7 Å². The fourth-order valence-corrected chi connectivity index (χ4v) is 1.89. The number of hydrogen-bond donors (Lipinski definition) is 1. The van der Waals surface area contributed by atoms with Gasteiger partial charge in [0.15, 0.2) is 0 Å². The number of nitrogens with zero attached hydrogens (tertiary/aromatic N) is 3. The smallest absolute Gasteiger partial charge is 0.145 e. The third-order valence-electron chi connectivity index (χ3n) is 2.95. The summed E-state index contributed by atoms with van der Waals surface area (Å²) in [6, 6.07) is 7.68. The van der Waals surface area contributed by atoms with Crippen LogP contribution in [0.5, 0.6) is 5.75 Å². The van der Waals surface area contributed by atoms with Gasteiger partial charge in [-0.3, -0.25) is 9.90 Å². The molecule has 0 bridgehead atoms. The predicted octanol–water partition coefficient (Wildman–Crippen LogP) is 2.92. The lowest BCUT2D eigenvalue weighted by Crippen LogP contribution is -2.16. The highest BCUT2D eigenvalue weighted by atomic mass is 16.7. The average Bonchev–Trinajstić information content (AvgIpc) is 2.48. The molecule has 2 rings (SSSR count). The minimum atomic E-state index is 0.600. The molecule has 0 amide bonds. The molecule has 0 aliphatic heterocycles. The van der Waals surface area contributed by atoms with Crippen molar-refractivity contribution in [3.05, 3.63) is 36.3 Å². The predicted molar refractivity (Wildman–Crippen MR) is 83.1 cm³/mol. The third kappa shape index (κ3) is 3.82. The van der Waals surface area contributed by atoms with E-state index in [1.54, 1.807) is 12.2 Å². The van der Waals surface area contributed by atoms with Gasteiger partial charge in [-0.05, 0) is 32.0 Å². The first-order chi connectivity index (χ1) is 10.1. The number of aryl methyl sites for hydroxylation is 1. The molecule has 1 heterocycles. The van der Waals surface area contributed by atoms with E-state index in [0.717, 1.165) is 28.6 Å². The Morgan fingerprint density at radius 1 is 1.24 bits per heavy atom. The lowest BCUT2D eigenvalue weighted by molar-refractivity contribution is 0.181. The first-order valence-electron chi connectivity index (χ1n) is 6.74. The Bertz CT molecular complexity index is 604. The molecule has 1 N–H and O–H groups in total. The van der Waals surface area contributed by atoms with Gasteiger partial charge in [-0.2, -0.15) is 0 Å². The second kappa shape index (κ2) is 6.90. The number of nitrogens with one attached hydrogen (secondary N) is 1. The number of aromatic nitrogens is 2. The highest BCUT2D eigenvalue weighted by molar-refractivity contribution is 5.68.